The van der Waals surface area contributed by atoms with Gasteiger partial charge < -0.3 is 10.8 Å². The summed E-state index contributed by atoms with van der Waals surface area (Å²) in [5, 5.41) is 15.9. The number of carbonyl (C=O) groups is 1. The van der Waals surface area contributed by atoms with E-state index < -0.39 is 5.97 Å². The molecule has 1 heterocycles. The molecule has 3 rings (SSSR count). The zero-order valence-corrected chi connectivity index (χ0v) is 11.2. The number of rotatable bonds is 4. The van der Waals surface area contributed by atoms with E-state index in [1.54, 1.807) is 16.7 Å². The lowest BCUT2D eigenvalue weighted by Crippen LogP contribution is -2.16. The Bertz CT molecular complexity index is 733. The van der Waals surface area contributed by atoms with Gasteiger partial charge in [0.1, 0.15) is 0 Å². The Morgan fingerprint density at radius 1 is 1.50 bits per heavy atom. The molecule has 1 fully saturated rings. The van der Waals surface area contributed by atoms with Gasteiger partial charge in [-0.3, -0.25) is 4.57 Å². The average molecular weight is 292 g/mol. The Balaban J connectivity index is 1.98. The van der Waals surface area contributed by atoms with Gasteiger partial charge in [0.15, 0.2) is 5.16 Å². The fourth-order valence-electron chi connectivity index (χ4n) is 1.93. The molecule has 0 unspecified atom stereocenters. The predicted octanol–water partition coefficient (Wildman–Crippen LogP) is 1.34. The molecule has 0 spiro atoms. The monoisotopic (exact) mass is 292 g/mol. The van der Waals surface area contributed by atoms with Gasteiger partial charge in [-0.15, -0.1) is 5.10 Å². The average Bonchev–Trinajstić information content (AvgIpc) is 3.17. The summed E-state index contributed by atoms with van der Waals surface area (Å²) in [6.45, 7) is 0. The highest BCUT2D eigenvalue weighted by atomic mass is 32.2. The lowest BCUT2D eigenvalue weighted by atomic mass is 10.2. The van der Waals surface area contributed by atoms with E-state index in [0.717, 1.165) is 12.8 Å². The molecule has 4 N–H and O–H groups in total. The first kappa shape index (κ1) is 12.8. The van der Waals surface area contributed by atoms with Crippen LogP contribution in [-0.4, -0.2) is 25.8 Å². The van der Waals surface area contributed by atoms with Crippen molar-refractivity contribution in [3.05, 3.63) is 34.2 Å². The van der Waals surface area contributed by atoms with Gasteiger partial charge in [-0.05, 0) is 36.7 Å². The van der Waals surface area contributed by atoms with Crippen LogP contribution in [0, 0.1) is 0 Å². The largest absolute Gasteiger partial charge is 0.478 e. The first-order valence-electron chi connectivity index (χ1n) is 6.04. The number of aromatic amines is 1. The summed E-state index contributed by atoms with van der Waals surface area (Å²) >= 11 is 1.19. The minimum atomic E-state index is -1.08. The van der Waals surface area contributed by atoms with Crippen LogP contribution in [-0.2, 0) is 0 Å². The van der Waals surface area contributed by atoms with Crippen molar-refractivity contribution in [3.63, 3.8) is 0 Å². The molecule has 1 aliphatic carbocycles. The molecule has 0 amide bonds. The molecule has 0 bridgehead atoms. The van der Waals surface area contributed by atoms with Crippen LogP contribution >= 0.6 is 11.8 Å². The second-order valence-electron chi connectivity index (χ2n) is 4.54. The molecule has 0 aliphatic heterocycles. The highest BCUT2D eigenvalue weighted by Gasteiger charge is 2.29. The van der Waals surface area contributed by atoms with Gasteiger partial charge >= 0.3 is 11.7 Å². The van der Waals surface area contributed by atoms with Gasteiger partial charge in [0, 0.05) is 10.9 Å². The fraction of sp³-hybridized carbons (Fsp3) is 0.250. The number of nitrogens with zero attached hydrogens (tertiary/aromatic N) is 2. The Morgan fingerprint density at radius 3 is 2.90 bits per heavy atom. The Morgan fingerprint density at radius 2 is 2.25 bits per heavy atom. The van der Waals surface area contributed by atoms with E-state index >= 15 is 0 Å². The summed E-state index contributed by atoms with van der Waals surface area (Å²) in [4.78, 5) is 23.3. The highest BCUT2D eigenvalue weighted by Crippen LogP contribution is 2.39. The first-order chi connectivity index (χ1) is 9.58. The molecule has 0 saturated heterocycles. The molecule has 104 valence electrons. The van der Waals surface area contributed by atoms with E-state index in [0.29, 0.717) is 10.1 Å². The maximum atomic E-state index is 11.7. The number of para-hydroxylation sites is 1. The van der Waals surface area contributed by atoms with Crippen LogP contribution in [0.1, 0.15) is 29.2 Å². The van der Waals surface area contributed by atoms with Crippen molar-refractivity contribution in [1.82, 2.24) is 14.8 Å². The van der Waals surface area contributed by atoms with E-state index in [2.05, 4.69) is 10.2 Å². The number of nitrogens with one attached hydrogen (secondary N) is 1. The molecule has 2 aromatic rings. The normalized spacial score (nSPS) is 14.4. The van der Waals surface area contributed by atoms with Crippen LogP contribution in [0.5, 0.6) is 0 Å². The number of benzene rings is 1. The fourth-order valence-corrected chi connectivity index (χ4v) is 2.92. The lowest BCUT2D eigenvalue weighted by molar-refractivity contribution is 0.0698. The SMILES string of the molecule is Nc1c(Sc2n[nH]c(=O)n2C2CC2)cccc1C(=O)O. The molecule has 20 heavy (non-hydrogen) atoms. The Kier molecular flexibility index (Phi) is 3.01. The number of aromatic nitrogens is 3. The van der Waals surface area contributed by atoms with Gasteiger partial charge in [0.05, 0.1) is 11.3 Å². The van der Waals surface area contributed by atoms with E-state index in [1.807, 2.05) is 0 Å². The maximum Gasteiger partial charge on any atom is 0.344 e. The minimum absolute atomic E-state index is 0.0471. The third kappa shape index (κ3) is 2.18. The summed E-state index contributed by atoms with van der Waals surface area (Å²) in [6, 6.07) is 4.96. The second kappa shape index (κ2) is 4.71. The molecule has 8 heteroatoms. The topological polar surface area (TPSA) is 114 Å². The van der Waals surface area contributed by atoms with E-state index in [1.165, 1.54) is 17.8 Å². The Hall–Kier alpha value is -2.22. The number of carboxylic acids is 1. The zero-order valence-electron chi connectivity index (χ0n) is 10.4. The standard InChI is InChI=1S/C12H12N4O3S/c13-9-7(10(17)18)2-1-3-8(9)20-12-15-14-11(19)16(12)6-4-5-6/h1-3,6H,4-5,13H2,(H,14,19)(H,17,18). The van der Waals surface area contributed by atoms with Crippen molar-refractivity contribution in [3.8, 4) is 0 Å². The smallest absolute Gasteiger partial charge is 0.344 e. The van der Waals surface area contributed by atoms with E-state index in [4.69, 9.17) is 10.8 Å². The number of nitrogens with two attached hydrogens (primary N) is 1. The molecule has 0 radical (unpaired) electrons. The van der Waals surface area contributed by atoms with Crippen molar-refractivity contribution in [2.75, 3.05) is 5.73 Å². The third-order valence-corrected chi connectivity index (χ3v) is 4.13. The highest BCUT2D eigenvalue weighted by molar-refractivity contribution is 7.99. The maximum absolute atomic E-state index is 11.7. The summed E-state index contributed by atoms with van der Waals surface area (Å²) in [5.74, 6) is -1.08. The van der Waals surface area contributed by atoms with Gasteiger partial charge in [-0.1, -0.05) is 6.07 Å². The molecule has 1 saturated carbocycles. The van der Waals surface area contributed by atoms with Crippen molar-refractivity contribution in [2.45, 2.75) is 28.9 Å². The first-order valence-corrected chi connectivity index (χ1v) is 6.86. The van der Waals surface area contributed by atoms with Crippen LogP contribution in [0.2, 0.25) is 0 Å². The van der Waals surface area contributed by atoms with Crippen LogP contribution in [0.3, 0.4) is 0 Å². The molecule has 1 aromatic heterocycles. The molecule has 1 aliphatic rings. The number of hydrogen-bond acceptors (Lipinski definition) is 5. The summed E-state index contributed by atoms with van der Waals surface area (Å²) in [7, 11) is 0. The van der Waals surface area contributed by atoms with E-state index in [9.17, 15) is 9.59 Å². The summed E-state index contributed by atoms with van der Waals surface area (Å²) in [5.41, 5.74) is 5.84. The van der Waals surface area contributed by atoms with E-state index in [-0.39, 0.29) is 23.0 Å². The van der Waals surface area contributed by atoms with Crippen molar-refractivity contribution >= 4 is 23.4 Å². The third-order valence-electron chi connectivity index (χ3n) is 3.08. The number of H-pyrrole nitrogens is 1. The van der Waals surface area contributed by atoms with Crippen molar-refractivity contribution < 1.29 is 9.90 Å². The molecular weight excluding hydrogens is 280 g/mol. The predicted molar refractivity (Wildman–Crippen MR) is 73.1 cm³/mol. The van der Waals surface area contributed by atoms with Crippen molar-refractivity contribution in [1.29, 1.82) is 0 Å². The number of hydrogen-bond donors (Lipinski definition) is 3. The molecular formula is C12H12N4O3S. The number of carboxylic acid groups (broad SMARTS) is 1. The van der Waals surface area contributed by atoms with Gasteiger partial charge in [-0.25, -0.2) is 14.7 Å². The number of anilines is 1. The molecule has 1 aromatic carbocycles. The Labute approximate surface area is 117 Å². The second-order valence-corrected chi connectivity index (χ2v) is 5.55. The van der Waals surface area contributed by atoms with Crippen LogP contribution in [0.25, 0.3) is 0 Å². The lowest BCUT2D eigenvalue weighted by Gasteiger charge is -2.08. The zero-order chi connectivity index (χ0) is 14.3. The summed E-state index contributed by atoms with van der Waals surface area (Å²) in [6.07, 6.45) is 1.91. The quantitative estimate of drug-likeness (QED) is 0.733. The van der Waals surface area contributed by atoms with Crippen LogP contribution in [0.4, 0.5) is 5.69 Å². The van der Waals surface area contributed by atoms with Gasteiger partial charge in [0.25, 0.3) is 0 Å². The summed E-state index contributed by atoms with van der Waals surface area (Å²) < 4.78 is 1.59. The molecule has 7 nitrogen and oxygen atoms in total. The van der Waals surface area contributed by atoms with Gasteiger partial charge in [-0.2, -0.15) is 0 Å². The van der Waals surface area contributed by atoms with Crippen LogP contribution in [0.15, 0.2) is 33.0 Å². The number of aromatic carboxylic acids is 1. The van der Waals surface area contributed by atoms with Crippen molar-refractivity contribution in [2.24, 2.45) is 0 Å². The van der Waals surface area contributed by atoms with Crippen LogP contribution < -0.4 is 11.4 Å². The van der Waals surface area contributed by atoms with Gasteiger partial charge in [0.2, 0.25) is 0 Å². The number of nitrogen functional groups attached to an aromatic ring is 1. The minimum Gasteiger partial charge on any atom is -0.478 e. The molecule has 0 atom stereocenters.